The Morgan fingerprint density at radius 2 is 1.88 bits per heavy atom. The Morgan fingerprint density at radius 3 is 1.88 bits per heavy atom. The average Bonchev–Trinajstić information content (AvgIpc) is 1.62. The summed E-state index contributed by atoms with van der Waals surface area (Å²) in [5.74, 6) is 0. The second kappa shape index (κ2) is 2.55. The molecule has 0 radical (unpaired) electrons. The molecular formula is C6H13NS. The molecule has 2 N–H and O–H groups in total. The summed E-state index contributed by atoms with van der Waals surface area (Å²) in [6, 6.07) is 0.0394. The third-order valence-corrected chi connectivity index (χ3v) is 1.44. The van der Waals surface area contributed by atoms with E-state index in [0.717, 1.165) is 0 Å². The van der Waals surface area contributed by atoms with E-state index in [2.05, 4.69) is 33.0 Å². The zero-order valence-corrected chi connectivity index (χ0v) is 6.46. The van der Waals surface area contributed by atoms with Crippen molar-refractivity contribution in [3.05, 3.63) is 0 Å². The molecule has 0 aromatic rings. The van der Waals surface area contributed by atoms with Crippen LogP contribution in [-0.2, 0) is 0 Å². The minimum atomic E-state index is 0.0394. The van der Waals surface area contributed by atoms with Crippen LogP contribution in [0.1, 0.15) is 20.8 Å². The van der Waals surface area contributed by atoms with Gasteiger partial charge in [-0.1, -0.05) is 33.0 Å². The van der Waals surface area contributed by atoms with Crippen LogP contribution in [0, 0.1) is 5.41 Å². The van der Waals surface area contributed by atoms with E-state index in [0.29, 0.717) is 0 Å². The van der Waals surface area contributed by atoms with Gasteiger partial charge in [-0.05, 0) is 10.8 Å². The van der Waals surface area contributed by atoms with Crippen molar-refractivity contribution in [1.29, 1.82) is 0 Å². The van der Waals surface area contributed by atoms with Crippen LogP contribution in [0.25, 0.3) is 0 Å². The molecule has 0 aliphatic carbocycles. The van der Waals surface area contributed by atoms with Gasteiger partial charge in [-0.15, -0.1) is 0 Å². The highest BCUT2D eigenvalue weighted by molar-refractivity contribution is 7.79. The second-order valence-corrected chi connectivity index (χ2v) is 3.30. The van der Waals surface area contributed by atoms with Crippen LogP contribution in [0.15, 0.2) is 0 Å². The molecule has 48 valence electrons. The molecular weight excluding hydrogens is 118 g/mol. The highest BCUT2D eigenvalue weighted by Gasteiger charge is 2.16. The second-order valence-electron chi connectivity index (χ2n) is 3.03. The highest BCUT2D eigenvalue weighted by atomic mass is 32.1. The van der Waals surface area contributed by atoms with Crippen molar-refractivity contribution in [2.45, 2.75) is 26.8 Å². The Labute approximate surface area is 56.3 Å². The summed E-state index contributed by atoms with van der Waals surface area (Å²) in [5, 5.41) is 1.61. The minimum Gasteiger partial charge on any atom is -0.323 e. The van der Waals surface area contributed by atoms with Gasteiger partial charge in [-0.25, -0.2) is 0 Å². The van der Waals surface area contributed by atoms with Gasteiger partial charge >= 0.3 is 0 Å². The fraction of sp³-hybridized carbons (Fsp3) is 0.833. The predicted molar refractivity (Wildman–Crippen MR) is 41.1 cm³/mol. The lowest BCUT2D eigenvalue weighted by atomic mass is 9.89. The van der Waals surface area contributed by atoms with Gasteiger partial charge in [0.2, 0.25) is 0 Å². The minimum absolute atomic E-state index is 0.0394. The SMILES string of the molecule is CC(C)(C)C(N)C=S. The fourth-order valence-corrected chi connectivity index (χ4v) is 0.612. The molecule has 0 aliphatic rings. The number of rotatable bonds is 1. The van der Waals surface area contributed by atoms with Crippen molar-refractivity contribution in [2.24, 2.45) is 11.1 Å². The summed E-state index contributed by atoms with van der Waals surface area (Å²) >= 11 is 4.67. The van der Waals surface area contributed by atoms with Gasteiger partial charge in [0, 0.05) is 6.04 Å². The molecule has 0 saturated carbocycles. The van der Waals surface area contributed by atoms with Crippen LogP contribution in [0.2, 0.25) is 0 Å². The molecule has 0 aliphatic heterocycles. The smallest absolute Gasteiger partial charge is 0.0377 e. The quantitative estimate of drug-likeness (QED) is 0.544. The number of hydrogen-bond donors (Lipinski definition) is 1. The lowest BCUT2D eigenvalue weighted by Gasteiger charge is -2.22. The van der Waals surface area contributed by atoms with Crippen LogP contribution >= 0.6 is 12.2 Å². The number of nitrogens with two attached hydrogens (primary N) is 1. The van der Waals surface area contributed by atoms with Crippen LogP contribution in [0.5, 0.6) is 0 Å². The number of hydrogen-bond acceptors (Lipinski definition) is 2. The van der Waals surface area contributed by atoms with E-state index in [9.17, 15) is 0 Å². The lowest BCUT2D eigenvalue weighted by Crippen LogP contribution is -2.35. The summed E-state index contributed by atoms with van der Waals surface area (Å²) in [6.07, 6.45) is 0. The average molecular weight is 131 g/mol. The first kappa shape index (κ1) is 8.05. The molecule has 0 amide bonds. The summed E-state index contributed by atoms with van der Waals surface area (Å²) in [6.45, 7) is 6.21. The maximum Gasteiger partial charge on any atom is 0.0377 e. The third kappa shape index (κ3) is 2.38. The predicted octanol–water partition coefficient (Wildman–Crippen LogP) is 1.36. The van der Waals surface area contributed by atoms with E-state index in [1.54, 1.807) is 5.37 Å². The first-order valence-electron chi connectivity index (χ1n) is 2.69. The molecule has 0 spiro atoms. The normalized spacial score (nSPS) is 15.5. The molecule has 1 atom stereocenters. The van der Waals surface area contributed by atoms with Gasteiger partial charge in [0.1, 0.15) is 0 Å². The summed E-state index contributed by atoms with van der Waals surface area (Å²) < 4.78 is 0. The molecule has 0 aromatic heterocycles. The molecule has 0 saturated heterocycles. The topological polar surface area (TPSA) is 26.0 Å². The Hall–Kier alpha value is 0.0500. The third-order valence-electron chi connectivity index (χ3n) is 1.15. The first-order valence-corrected chi connectivity index (χ1v) is 3.16. The Kier molecular flexibility index (Phi) is 2.57. The number of thiocarbonyl (C=S) groups is 1. The Balaban J connectivity index is 3.80. The van der Waals surface area contributed by atoms with Gasteiger partial charge in [0.15, 0.2) is 0 Å². The molecule has 1 unspecified atom stereocenters. The molecule has 0 fully saturated rings. The van der Waals surface area contributed by atoms with Gasteiger partial charge in [-0.2, -0.15) is 0 Å². The Morgan fingerprint density at radius 1 is 1.50 bits per heavy atom. The largest absolute Gasteiger partial charge is 0.323 e. The van der Waals surface area contributed by atoms with Crippen LogP contribution in [-0.4, -0.2) is 11.4 Å². The van der Waals surface area contributed by atoms with E-state index in [-0.39, 0.29) is 11.5 Å². The van der Waals surface area contributed by atoms with E-state index < -0.39 is 0 Å². The van der Waals surface area contributed by atoms with E-state index in [1.165, 1.54) is 0 Å². The highest BCUT2D eigenvalue weighted by Crippen LogP contribution is 2.15. The molecule has 0 rings (SSSR count). The van der Waals surface area contributed by atoms with Crippen molar-refractivity contribution in [1.82, 2.24) is 0 Å². The lowest BCUT2D eigenvalue weighted by molar-refractivity contribution is 0.388. The van der Waals surface area contributed by atoms with E-state index in [4.69, 9.17) is 5.73 Å². The zero-order valence-electron chi connectivity index (χ0n) is 5.64. The summed E-state index contributed by atoms with van der Waals surface area (Å²) in [7, 11) is 0. The van der Waals surface area contributed by atoms with Crippen molar-refractivity contribution < 1.29 is 0 Å². The van der Waals surface area contributed by atoms with Crippen LogP contribution in [0.4, 0.5) is 0 Å². The van der Waals surface area contributed by atoms with Crippen LogP contribution in [0.3, 0.4) is 0 Å². The standard InChI is InChI=1S/C6H13NS/c1-6(2,3)5(7)4-8/h4-5H,7H2,1-3H3. The molecule has 8 heavy (non-hydrogen) atoms. The van der Waals surface area contributed by atoms with Crippen molar-refractivity contribution in [3.8, 4) is 0 Å². The summed E-state index contributed by atoms with van der Waals surface area (Å²) in [5.41, 5.74) is 5.72. The maximum atomic E-state index is 5.59. The Bertz CT molecular complexity index is 83.0. The summed E-state index contributed by atoms with van der Waals surface area (Å²) in [4.78, 5) is 0. The van der Waals surface area contributed by atoms with E-state index in [1.807, 2.05) is 0 Å². The molecule has 0 bridgehead atoms. The van der Waals surface area contributed by atoms with Crippen molar-refractivity contribution >= 4 is 17.6 Å². The van der Waals surface area contributed by atoms with Gasteiger partial charge in [0.25, 0.3) is 0 Å². The van der Waals surface area contributed by atoms with Crippen molar-refractivity contribution in [2.75, 3.05) is 0 Å². The maximum absolute atomic E-state index is 5.59. The van der Waals surface area contributed by atoms with Crippen molar-refractivity contribution in [3.63, 3.8) is 0 Å². The molecule has 0 heterocycles. The fourth-order valence-electron chi connectivity index (χ4n) is 0.204. The molecule has 0 aromatic carbocycles. The van der Waals surface area contributed by atoms with Gasteiger partial charge < -0.3 is 5.73 Å². The zero-order chi connectivity index (χ0) is 6.78. The van der Waals surface area contributed by atoms with Crippen LogP contribution < -0.4 is 5.73 Å². The van der Waals surface area contributed by atoms with Gasteiger partial charge in [0.05, 0.1) is 0 Å². The molecule has 1 nitrogen and oxygen atoms in total. The monoisotopic (exact) mass is 131 g/mol. The first-order chi connectivity index (χ1) is 3.48. The van der Waals surface area contributed by atoms with Gasteiger partial charge in [-0.3, -0.25) is 0 Å². The molecule has 2 heteroatoms. The van der Waals surface area contributed by atoms with E-state index >= 15 is 0 Å².